The summed E-state index contributed by atoms with van der Waals surface area (Å²) in [7, 11) is 0. The van der Waals surface area contributed by atoms with Gasteiger partial charge in [-0.3, -0.25) is 0 Å². The fraction of sp³-hybridized carbons (Fsp3) is 0.182. The molecule has 0 spiro atoms. The van der Waals surface area contributed by atoms with E-state index < -0.39 is 0 Å². The Morgan fingerprint density at radius 2 is 2.14 bits per heavy atom. The van der Waals surface area contributed by atoms with Gasteiger partial charge in [0.15, 0.2) is 5.82 Å². The van der Waals surface area contributed by atoms with E-state index >= 15 is 0 Å². The van der Waals surface area contributed by atoms with Gasteiger partial charge in [0.2, 0.25) is 0 Å². The van der Waals surface area contributed by atoms with Crippen LogP contribution in [0.15, 0.2) is 30.9 Å². The molecule has 0 bridgehead atoms. The summed E-state index contributed by atoms with van der Waals surface area (Å²) in [5.74, 6) is 0.720. The summed E-state index contributed by atoms with van der Waals surface area (Å²) in [6, 6.07) is 5.95. The van der Waals surface area contributed by atoms with Gasteiger partial charge in [-0.05, 0) is 24.6 Å². The van der Waals surface area contributed by atoms with Gasteiger partial charge in [-0.1, -0.05) is 12.1 Å². The van der Waals surface area contributed by atoms with Crippen LogP contribution in [0.25, 0.3) is 11.0 Å². The molecule has 0 radical (unpaired) electrons. The van der Waals surface area contributed by atoms with Crippen LogP contribution in [0.2, 0.25) is 0 Å². The number of hydrogen-bond acceptors (Lipinski definition) is 3. The van der Waals surface area contributed by atoms with Gasteiger partial charge in [-0.25, -0.2) is 4.98 Å². The normalized spacial score (nSPS) is 10.4. The first kappa shape index (κ1) is 8.81. The quantitative estimate of drug-likeness (QED) is 0.672. The van der Waals surface area contributed by atoms with E-state index in [2.05, 4.69) is 21.8 Å². The molecule has 0 fully saturated rings. The van der Waals surface area contributed by atoms with Crippen molar-refractivity contribution >= 4 is 11.0 Å². The minimum atomic E-state index is 0.664. The van der Waals surface area contributed by atoms with Crippen molar-refractivity contribution in [1.82, 2.24) is 15.2 Å². The van der Waals surface area contributed by atoms with Gasteiger partial charge in [-0.2, -0.15) is 0 Å². The predicted octanol–water partition coefficient (Wildman–Crippen LogP) is 2.06. The van der Waals surface area contributed by atoms with Crippen molar-refractivity contribution in [2.24, 2.45) is 0 Å². The molecule has 0 N–H and O–H groups in total. The van der Waals surface area contributed by atoms with Crippen LogP contribution in [-0.4, -0.2) is 15.2 Å². The first-order valence-electron chi connectivity index (χ1n) is 4.50. The molecule has 1 aromatic heterocycles. The Morgan fingerprint density at radius 3 is 2.93 bits per heavy atom. The Hall–Kier alpha value is -1.77. The molecule has 0 aliphatic heterocycles. The van der Waals surface area contributed by atoms with Crippen LogP contribution >= 0.6 is 0 Å². The summed E-state index contributed by atoms with van der Waals surface area (Å²) in [5, 5.41) is 8.07. The number of allylic oxidation sites excluding steroid dienone is 1. The molecule has 3 heteroatoms. The largest absolute Gasteiger partial charge is 0.229 e. The van der Waals surface area contributed by atoms with E-state index in [4.69, 9.17) is 0 Å². The molecule has 2 rings (SSSR count). The van der Waals surface area contributed by atoms with Crippen molar-refractivity contribution in [2.45, 2.75) is 13.3 Å². The Kier molecular flexibility index (Phi) is 2.23. The second-order valence-electron chi connectivity index (χ2n) is 3.21. The third-order valence-corrected chi connectivity index (χ3v) is 1.98. The Bertz CT molecular complexity index is 477. The number of benzene rings is 1. The monoisotopic (exact) mass is 185 g/mol. The van der Waals surface area contributed by atoms with E-state index in [0.29, 0.717) is 6.42 Å². The third-order valence-electron chi connectivity index (χ3n) is 1.98. The zero-order valence-corrected chi connectivity index (χ0v) is 8.07. The van der Waals surface area contributed by atoms with Crippen LogP contribution in [0, 0.1) is 6.92 Å². The van der Waals surface area contributed by atoms with E-state index in [1.165, 1.54) is 5.56 Å². The van der Waals surface area contributed by atoms with E-state index in [1.807, 2.05) is 25.1 Å². The van der Waals surface area contributed by atoms with Crippen molar-refractivity contribution < 1.29 is 0 Å². The van der Waals surface area contributed by atoms with Crippen LogP contribution < -0.4 is 0 Å². The Labute approximate surface area is 82.5 Å². The maximum absolute atomic E-state index is 4.38. The number of rotatable bonds is 2. The third kappa shape index (κ3) is 1.62. The molecule has 0 amide bonds. The molecule has 1 aromatic carbocycles. The molecule has 1 heterocycles. The zero-order chi connectivity index (χ0) is 9.97. The molecule has 0 aliphatic rings. The second-order valence-corrected chi connectivity index (χ2v) is 3.21. The smallest absolute Gasteiger partial charge is 0.155 e. The van der Waals surface area contributed by atoms with E-state index in [9.17, 15) is 0 Å². The van der Waals surface area contributed by atoms with Gasteiger partial charge in [0, 0.05) is 6.42 Å². The summed E-state index contributed by atoms with van der Waals surface area (Å²) in [6.07, 6.45) is 2.44. The van der Waals surface area contributed by atoms with E-state index in [-0.39, 0.29) is 0 Å². The van der Waals surface area contributed by atoms with E-state index in [0.717, 1.165) is 16.9 Å². The van der Waals surface area contributed by atoms with Crippen LogP contribution in [0.3, 0.4) is 0 Å². The van der Waals surface area contributed by atoms with Crippen LogP contribution in [0.5, 0.6) is 0 Å². The van der Waals surface area contributed by atoms with Crippen LogP contribution in [0.4, 0.5) is 0 Å². The number of nitrogens with zero attached hydrogens (tertiary/aromatic N) is 3. The first-order chi connectivity index (χ1) is 6.79. The lowest BCUT2D eigenvalue weighted by Crippen LogP contribution is -1.97. The van der Waals surface area contributed by atoms with E-state index in [1.54, 1.807) is 6.08 Å². The lowest BCUT2D eigenvalue weighted by atomic mass is 10.2. The molecular formula is C11H11N3. The summed E-state index contributed by atoms with van der Waals surface area (Å²) >= 11 is 0. The Morgan fingerprint density at radius 1 is 1.29 bits per heavy atom. The highest BCUT2D eigenvalue weighted by molar-refractivity contribution is 5.74. The molecule has 2 aromatic rings. The molecule has 0 aliphatic carbocycles. The fourth-order valence-electron chi connectivity index (χ4n) is 1.30. The molecular weight excluding hydrogens is 174 g/mol. The zero-order valence-electron chi connectivity index (χ0n) is 8.07. The van der Waals surface area contributed by atoms with Gasteiger partial charge >= 0.3 is 0 Å². The molecule has 0 atom stereocenters. The molecule has 0 saturated carbocycles. The number of aromatic nitrogens is 3. The topological polar surface area (TPSA) is 38.7 Å². The van der Waals surface area contributed by atoms with Gasteiger partial charge in [0.1, 0.15) is 5.52 Å². The molecule has 0 saturated heterocycles. The summed E-state index contributed by atoms with van der Waals surface area (Å²) in [4.78, 5) is 4.38. The van der Waals surface area contributed by atoms with Crippen molar-refractivity contribution in [3.63, 3.8) is 0 Å². The number of aryl methyl sites for hydroxylation is 1. The highest BCUT2D eigenvalue weighted by Gasteiger charge is 1.99. The van der Waals surface area contributed by atoms with Crippen LogP contribution in [-0.2, 0) is 6.42 Å². The summed E-state index contributed by atoms with van der Waals surface area (Å²) in [5.41, 5.74) is 2.92. The molecule has 3 nitrogen and oxygen atoms in total. The average Bonchev–Trinajstić information content (AvgIpc) is 2.17. The molecule has 70 valence electrons. The van der Waals surface area contributed by atoms with Crippen molar-refractivity contribution in [3.05, 3.63) is 42.2 Å². The Balaban J connectivity index is 2.57. The maximum Gasteiger partial charge on any atom is 0.155 e. The molecule has 0 unspecified atom stereocenters. The fourth-order valence-corrected chi connectivity index (χ4v) is 1.30. The second kappa shape index (κ2) is 3.54. The highest BCUT2D eigenvalue weighted by atomic mass is 15.1. The lowest BCUT2D eigenvalue weighted by molar-refractivity contribution is 0.913. The lowest BCUT2D eigenvalue weighted by Gasteiger charge is -1.99. The van der Waals surface area contributed by atoms with Crippen LogP contribution in [0.1, 0.15) is 11.4 Å². The van der Waals surface area contributed by atoms with Crippen molar-refractivity contribution in [1.29, 1.82) is 0 Å². The predicted molar refractivity (Wildman–Crippen MR) is 56.0 cm³/mol. The highest BCUT2D eigenvalue weighted by Crippen LogP contribution is 2.10. The van der Waals surface area contributed by atoms with Crippen molar-refractivity contribution in [2.75, 3.05) is 0 Å². The summed E-state index contributed by atoms with van der Waals surface area (Å²) in [6.45, 7) is 5.68. The SMILES string of the molecule is C=CCc1nnc2ccc(C)cc2n1. The number of fused-ring (bicyclic) bond motifs is 1. The summed E-state index contributed by atoms with van der Waals surface area (Å²) < 4.78 is 0. The van der Waals surface area contributed by atoms with Gasteiger partial charge in [-0.15, -0.1) is 16.8 Å². The van der Waals surface area contributed by atoms with Gasteiger partial charge in [0.05, 0.1) is 5.52 Å². The maximum atomic E-state index is 4.38. The average molecular weight is 185 g/mol. The molecule has 14 heavy (non-hydrogen) atoms. The van der Waals surface area contributed by atoms with Gasteiger partial charge in [0.25, 0.3) is 0 Å². The minimum absolute atomic E-state index is 0.664. The standard InChI is InChI=1S/C11H11N3/c1-3-4-11-12-10-7-8(2)5-6-9(10)13-14-11/h3,5-7H,1,4H2,2H3. The van der Waals surface area contributed by atoms with Crippen molar-refractivity contribution in [3.8, 4) is 0 Å². The first-order valence-corrected chi connectivity index (χ1v) is 4.50. The van der Waals surface area contributed by atoms with Gasteiger partial charge < -0.3 is 0 Å². The minimum Gasteiger partial charge on any atom is -0.229 e. The number of hydrogen-bond donors (Lipinski definition) is 0.